The number of hydrogen-bond acceptors (Lipinski definition) is 1. The normalized spacial score (nSPS) is 21.5. The smallest absolute Gasteiger partial charge is 0.133 e. The van der Waals surface area contributed by atoms with E-state index in [9.17, 15) is 13.2 Å². The van der Waals surface area contributed by atoms with E-state index in [2.05, 4.69) is 5.32 Å². The minimum Gasteiger partial charge on any atom is -0.310 e. The Kier molecular flexibility index (Phi) is 2.46. The maximum absolute atomic E-state index is 13.2. The summed E-state index contributed by atoms with van der Waals surface area (Å²) in [6, 6.07) is 1.13. The van der Waals surface area contributed by atoms with E-state index >= 15 is 0 Å². The first-order valence-corrected chi connectivity index (χ1v) is 4.56. The van der Waals surface area contributed by atoms with E-state index in [0.717, 1.165) is 25.1 Å². The molecule has 0 spiro atoms. The highest BCUT2D eigenvalue weighted by Crippen LogP contribution is 2.28. The Labute approximate surface area is 79.9 Å². The SMILES string of the molecule is Fc1cc(F)c(C2CCCN2)c(F)c1. The predicted octanol–water partition coefficient (Wildman–Crippen LogP) is 2.53. The lowest BCUT2D eigenvalue weighted by Gasteiger charge is -2.12. The second-order valence-corrected chi connectivity index (χ2v) is 3.43. The maximum atomic E-state index is 13.2. The molecule has 1 aromatic carbocycles. The Bertz CT molecular complexity index is 322. The Hall–Kier alpha value is -1.03. The first-order chi connectivity index (χ1) is 6.68. The second kappa shape index (κ2) is 3.61. The van der Waals surface area contributed by atoms with Gasteiger partial charge in [0.05, 0.1) is 0 Å². The molecule has 1 fully saturated rings. The van der Waals surface area contributed by atoms with Gasteiger partial charge in [0.25, 0.3) is 0 Å². The fraction of sp³-hybridized carbons (Fsp3) is 0.400. The molecule has 0 aromatic heterocycles. The molecule has 14 heavy (non-hydrogen) atoms. The Morgan fingerprint density at radius 3 is 2.29 bits per heavy atom. The number of rotatable bonds is 1. The van der Waals surface area contributed by atoms with Crippen LogP contribution in [0.1, 0.15) is 24.4 Å². The second-order valence-electron chi connectivity index (χ2n) is 3.43. The topological polar surface area (TPSA) is 12.0 Å². The van der Waals surface area contributed by atoms with Gasteiger partial charge in [-0.05, 0) is 19.4 Å². The standard InChI is InChI=1S/C10H10F3N/c11-6-4-7(12)10(8(13)5-6)9-2-1-3-14-9/h4-5,9,14H,1-3H2. The number of hydrogen-bond donors (Lipinski definition) is 1. The van der Waals surface area contributed by atoms with Gasteiger partial charge in [0.2, 0.25) is 0 Å². The van der Waals surface area contributed by atoms with E-state index in [4.69, 9.17) is 0 Å². The molecule has 0 amide bonds. The van der Waals surface area contributed by atoms with E-state index in [0.29, 0.717) is 6.42 Å². The summed E-state index contributed by atoms with van der Waals surface area (Å²) in [5, 5.41) is 2.97. The van der Waals surface area contributed by atoms with Crippen molar-refractivity contribution >= 4 is 0 Å². The summed E-state index contributed by atoms with van der Waals surface area (Å²) < 4.78 is 39.1. The first-order valence-electron chi connectivity index (χ1n) is 4.56. The lowest BCUT2D eigenvalue weighted by atomic mass is 10.0. The van der Waals surface area contributed by atoms with Crippen LogP contribution in [0.2, 0.25) is 0 Å². The molecule has 1 aromatic rings. The molecule has 2 rings (SSSR count). The van der Waals surface area contributed by atoms with Crippen molar-refractivity contribution in [3.8, 4) is 0 Å². The molecule has 1 unspecified atom stereocenters. The van der Waals surface area contributed by atoms with Crippen molar-refractivity contribution in [3.05, 3.63) is 35.1 Å². The van der Waals surface area contributed by atoms with E-state index in [1.54, 1.807) is 0 Å². The Morgan fingerprint density at radius 2 is 1.79 bits per heavy atom. The summed E-state index contributed by atoms with van der Waals surface area (Å²) >= 11 is 0. The van der Waals surface area contributed by atoms with E-state index in [1.807, 2.05) is 0 Å². The molecule has 1 nitrogen and oxygen atoms in total. The molecule has 4 heteroatoms. The molecule has 76 valence electrons. The summed E-state index contributed by atoms with van der Waals surface area (Å²) in [6.45, 7) is 0.751. The molecule has 1 aliphatic heterocycles. The van der Waals surface area contributed by atoms with E-state index in [1.165, 1.54) is 0 Å². The predicted molar refractivity (Wildman–Crippen MR) is 46.3 cm³/mol. The zero-order valence-corrected chi connectivity index (χ0v) is 7.49. The highest BCUT2D eigenvalue weighted by molar-refractivity contribution is 5.24. The summed E-state index contributed by atoms with van der Waals surface area (Å²) in [6.07, 6.45) is 1.58. The molecule has 0 aliphatic carbocycles. The van der Waals surface area contributed by atoms with Gasteiger partial charge in [0, 0.05) is 23.7 Å². The molecule has 0 radical (unpaired) electrons. The Morgan fingerprint density at radius 1 is 1.14 bits per heavy atom. The molecule has 1 N–H and O–H groups in total. The number of nitrogens with one attached hydrogen (secondary N) is 1. The lowest BCUT2D eigenvalue weighted by Crippen LogP contribution is -2.16. The van der Waals surface area contributed by atoms with Crippen molar-refractivity contribution < 1.29 is 13.2 Å². The Balaban J connectivity index is 2.40. The minimum absolute atomic E-state index is 0.0381. The van der Waals surface area contributed by atoms with E-state index in [-0.39, 0.29) is 11.6 Å². The van der Waals surface area contributed by atoms with Gasteiger partial charge in [-0.3, -0.25) is 0 Å². The van der Waals surface area contributed by atoms with Crippen LogP contribution in [0, 0.1) is 17.5 Å². The van der Waals surface area contributed by atoms with Gasteiger partial charge in [-0.1, -0.05) is 0 Å². The molecule has 0 saturated carbocycles. The average Bonchev–Trinajstić information content (AvgIpc) is 2.54. The van der Waals surface area contributed by atoms with Gasteiger partial charge in [0.1, 0.15) is 17.5 Å². The summed E-state index contributed by atoms with van der Waals surface area (Å²) in [5.41, 5.74) is -0.0381. The molecule has 1 aliphatic rings. The van der Waals surface area contributed by atoms with Crippen molar-refractivity contribution in [1.82, 2.24) is 5.32 Å². The largest absolute Gasteiger partial charge is 0.310 e. The van der Waals surface area contributed by atoms with Crippen LogP contribution in [0.15, 0.2) is 12.1 Å². The molecule has 0 bridgehead atoms. The van der Waals surface area contributed by atoms with Gasteiger partial charge < -0.3 is 5.32 Å². The monoisotopic (exact) mass is 201 g/mol. The van der Waals surface area contributed by atoms with Crippen LogP contribution in [-0.4, -0.2) is 6.54 Å². The highest BCUT2D eigenvalue weighted by Gasteiger charge is 2.23. The molecular weight excluding hydrogens is 191 g/mol. The van der Waals surface area contributed by atoms with Crippen molar-refractivity contribution in [3.63, 3.8) is 0 Å². The molecule has 1 atom stereocenters. The van der Waals surface area contributed by atoms with Crippen LogP contribution >= 0.6 is 0 Å². The number of benzene rings is 1. The van der Waals surface area contributed by atoms with Crippen molar-refractivity contribution in [2.45, 2.75) is 18.9 Å². The summed E-state index contributed by atoms with van der Waals surface area (Å²) in [4.78, 5) is 0. The van der Waals surface area contributed by atoms with Crippen LogP contribution in [0.25, 0.3) is 0 Å². The quantitative estimate of drug-likeness (QED) is 0.736. The minimum atomic E-state index is -0.873. The van der Waals surface area contributed by atoms with Gasteiger partial charge in [-0.25, -0.2) is 13.2 Å². The third kappa shape index (κ3) is 1.62. The van der Waals surface area contributed by atoms with Crippen LogP contribution in [0.5, 0.6) is 0 Å². The zero-order valence-electron chi connectivity index (χ0n) is 7.49. The average molecular weight is 201 g/mol. The van der Waals surface area contributed by atoms with Crippen molar-refractivity contribution in [2.24, 2.45) is 0 Å². The van der Waals surface area contributed by atoms with Crippen molar-refractivity contribution in [1.29, 1.82) is 0 Å². The van der Waals surface area contributed by atoms with Gasteiger partial charge in [-0.2, -0.15) is 0 Å². The number of halogens is 3. The highest BCUT2D eigenvalue weighted by atomic mass is 19.1. The van der Waals surface area contributed by atoms with Gasteiger partial charge >= 0.3 is 0 Å². The summed E-state index contributed by atoms with van der Waals surface area (Å²) in [5.74, 6) is -2.48. The third-order valence-electron chi connectivity index (χ3n) is 2.45. The van der Waals surface area contributed by atoms with Crippen LogP contribution in [0.3, 0.4) is 0 Å². The van der Waals surface area contributed by atoms with Crippen LogP contribution < -0.4 is 5.32 Å². The van der Waals surface area contributed by atoms with Gasteiger partial charge in [-0.15, -0.1) is 0 Å². The third-order valence-corrected chi connectivity index (χ3v) is 2.45. The molecule has 1 saturated heterocycles. The zero-order chi connectivity index (χ0) is 10.1. The fourth-order valence-electron chi connectivity index (χ4n) is 1.82. The molecular formula is C10H10F3N. The lowest BCUT2D eigenvalue weighted by molar-refractivity contribution is 0.489. The van der Waals surface area contributed by atoms with Crippen LogP contribution in [0.4, 0.5) is 13.2 Å². The van der Waals surface area contributed by atoms with Crippen LogP contribution in [-0.2, 0) is 0 Å². The van der Waals surface area contributed by atoms with Gasteiger partial charge in [0.15, 0.2) is 0 Å². The van der Waals surface area contributed by atoms with E-state index < -0.39 is 17.5 Å². The maximum Gasteiger partial charge on any atom is 0.133 e. The fourth-order valence-corrected chi connectivity index (χ4v) is 1.82. The summed E-state index contributed by atoms with van der Waals surface area (Å²) in [7, 11) is 0. The van der Waals surface area contributed by atoms with Crippen molar-refractivity contribution in [2.75, 3.05) is 6.54 Å². The first kappa shape index (κ1) is 9.52. The molecule has 1 heterocycles.